The summed E-state index contributed by atoms with van der Waals surface area (Å²) in [7, 11) is 0. The van der Waals surface area contributed by atoms with E-state index in [2.05, 4.69) is 41.2 Å². The zero-order valence-electron chi connectivity index (χ0n) is 11.1. The third-order valence-electron chi connectivity index (χ3n) is 3.09. The number of anilines is 1. The van der Waals surface area contributed by atoms with Crippen molar-refractivity contribution in [2.45, 2.75) is 34.6 Å². The number of aryl methyl sites for hydroxylation is 2. The summed E-state index contributed by atoms with van der Waals surface area (Å²) >= 11 is 3.50. The molecule has 0 aliphatic carbocycles. The van der Waals surface area contributed by atoms with Gasteiger partial charge in [-0.1, -0.05) is 26.8 Å². The molecule has 1 amide bonds. The smallest absolute Gasteiger partial charge is 0.227 e. The van der Waals surface area contributed by atoms with Crippen molar-refractivity contribution >= 4 is 27.5 Å². The molecule has 0 spiro atoms. The molecule has 1 atom stereocenters. The lowest BCUT2D eigenvalue weighted by molar-refractivity contribution is -0.120. The summed E-state index contributed by atoms with van der Waals surface area (Å²) < 4.78 is 0.944. The van der Waals surface area contributed by atoms with Gasteiger partial charge in [-0.2, -0.15) is 0 Å². The van der Waals surface area contributed by atoms with Crippen LogP contribution in [-0.4, -0.2) is 5.91 Å². The van der Waals surface area contributed by atoms with E-state index < -0.39 is 0 Å². The van der Waals surface area contributed by atoms with Gasteiger partial charge < -0.3 is 5.32 Å². The zero-order valence-corrected chi connectivity index (χ0v) is 12.7. The summed E-state index contributed by atoms with van der Waals surface area (Å²) in [5.41, 5.74) is 3.15. The Hall–Kier alpha value is -0.830. The lowest BCUT2D eigenvalue weighted by atomic mass is 9.97. The van der Waals surface area contributed by atoms with Crippen molar-refractivity contribution in [3.63, 3.8) is 0 Å². The Bertz CT molecular complexity index is 403. The molecular weight excluding hydrogens is 278 g/mol. The van der Waals surface area contributed by atoms with Gasteiger partial charge in [-0.15, -0.1) is 0 Å². The molecule has 0 saturated heterocycles. The first-order valence-electron chi connectivity index (χ1n) is 5.90. The van der Waals surface area contributed by atoms with Crippen molar-refractivity contribution < 1.29 is 4.79 Å². The van der Waals surface area contributed by atoms with Crippen LogP contribution in [0.3, 0.4) is 0 Å². The first kappa shape index (κ1) is 14.2. The Morgan fingerprint density at radius 2 is 1.82 bits per heavy atom. The molecule has 2 nitrogen and oxygen atoms in total. The standard InChI is InChI=1S/C14H20BrNO/c1-8(2)11(5)14(17)16-13-10(4)6-9(3)7-12(13)15/h6-8,11H,1-5H3,(H,16,17). The minimum absolute atomic E-state index is 0.0163. The molecule has 1 aromatic carbocycles. The summed E-state index contributed by atoms with van der Waals surface area (Å²) in [6, 6.07) is 4.09. The van der Waals surface area contributed by atoms with Gasteiger partial charge in [0.1, 0.15) is 0 Å². The summed E-state index contributed by atoms with van der Waals surface area (Å²) in [5, 5.41) is 3.00. The number of halogens is 1. The molecule has 1 rings (SSSR count). The fraction of sp³-hybridized carbons (Fsp3) is 0.500. The van der Waals surface area contributed by atoms with Gasteiger partial charge in [0.25, 0.3) is 0 Å². The average Bonchev–Trinajstić information content (AvgIpc) is 2.21. The Morgan fingerprint density at radius 1 is 1.24 bits per heavy atom. The predicted molar refractivity (Wildman–Crippen MR) is 76.2 cm³/mol. The van der Waals surface area contributed by atoms with Crippen LogP contribution in [0, 0.1) is 25.7 Å². The predicted octanol–water partition coefficient (Wildman–Crippen LogP) is 4.30. The Balaban J connectivity index is 2.93. The number of nitrogens with one attached hydrogen (secondary N) is 1. The topological polar surface area (TPSA) is 29.1 Å². The summed E-state index contributed by atoms with van der Waals surface area (Å²) in [6.45, 7) is 10.1. The summed E-state index contributed by atoms with van der Waals surface area (Å²) in [6.07, 6.45) is 0. The van der Waals surface area contributed by atoms with Crippen LogP contribution in [0.15, 0.2) is 16.6 Å². The third kappa shape index (κ3) is 3.56. The van der Waals surface area contributed by atoms with Crippen molar-refractivity contribution in [3.05, 3.63) is 27.7 Å². The van der Waals surface area contributed by atoms with Crippen LogP contribution in [0.5, 0.6) is 0 Å². The number of hydrogen-bond donors (Lipinski definition) is 1. The van der Waals surface area contributed by atoms with E-state index in [4.69, 9.17) is 0 Å². The van der Waals surface area contributed by atoms with Crippen LogP contribution >= 0.6 is 15.9 Å². The van der Waals surface area contributed by atoms with E-state index >= 15 is 0 Å². The molecule has 0 aromatic heterocycles. The van der Waals surface area contributed by atoms with Gasteiger partial charge in [0, 0.05) is 10.4 Å². The van der Waals surface area contributed by atoms with Gasteiger partial charge >= 0.3 is 0 Å². The first-order valence-corrected chi connectivity index (χ1v) is 6.69. The highest BCUT2D eigenvalue weighted by molar-refractivity contribution is 9.10. The monoisotopic (exact) mass is 297 g/mol. The molecule has 1 unspecified atom stereocenters. The molecule has 0 fully saturated rings. The van der Waals surface area contributed by atoms with Crippen molar-refractivity contribution in [2.24, 2.45) is 11.8 Å². The van der Waals surface area contributed by atoms with Crippen LogP contribution in [0.2, 0.25) is 0 Å². The highest BCUT2D eigenvalue weighted by atomic mass is 79.9. The molecule has 0 aliphatic rings. The van der Waals surface area contributed by atoms with Gasteiger partial charge in [0.2, 0.25) is 5.91 Å². The normalized spacial score (nSPS) is 12.6. The fourth-order valence-electron chi connectivity index (χ4n) is 1.61. The van der Waals surface area contributed by atoms with Crippen LogP contribution in [0.1, 0.15) is 31.9 Å². The molecule has 0 saturated carbocycles. The van der Waals surface area contributed by atoms with E-state index in [1.54, 1.807) is 0 Å². The van der Waals surface area contributed by atoms with E-state index in [1.165, 1.54) is 5.56 Å². The van der Waals surface area contributed by atoms with Crippen molar-refractivity contribution in [3.8, 4) is 0 Å². The molecule has 1 N–H and O–H groups in total. The van der Waals surface area contributed by atoms with Crippen LogP contribution in [0.25, 0.3) is 0 Å². The quantitative estimate of drug-likeness (QED) is 0.885. The Morgan fingerprint density at radius 3 is 2.29 bits per heavy atom. The van der Waals surface area contributed by atoms with Crippen LogP contribution < -0.4 is 5.32 Å². The number of carbonyl (C=O) groups excluding carboxylic acids is 1. The number of rotatable bonds is 3. The number of hydrogen-bond acceptors (Lipinski definition) is 1. The summed E-state index contributed by atoms with van der Waals surface area (Å²) in [5.74, 6) is 0.440. The fourth-order valence-corrected chi connectivity index (χ4v) is 2.39. The average molecular weight is 298 g/mol. The van der Waals surface area contributed by atoms with Gasteiger partial charge in [-0.3, -0.25) is 4.79 Å². The maximum Gasteiger partial charge on any atom is 0.227 e. The zero-order chi connectivity index (χ0) is 13.2. The highest BCUT2D eigenvalue weighted by Gasteiger charge is 2.18. The minimum atomic E-state index is 0.0163. The Kier molecular flexibility index (Phi) is 4.75. The van der Waals surface area contributed by atoms with Gasteiger partial charge in [0.15, 0.2) is 0 Å². The van der Waals surface area contributed by atoms with Gasteiger partial charge in [-0.05, 0) is 52.9 Å². The molecule has 94 valence electrons. The van der Waals surface area contributed by atoms with Crippen LogP contribution in [-0.2, 0) is 4.79 Å². The minimum Gasteiger partial charge on any atom is -0.325 e. The van der Waals surface area contributed by atoms with Crippen molar-refractivity contribution in [1.29, 1.82) is 0 Å². The molecule has 1 aromatic rings. The molecule has 0 heterocycles. The maximum absolute atomic E-state index is 12.0. The third-order valence-corrected chi connectivity index (χ3v) is 3.72. The first-order chi connectivity index (χ1) is 7.82. The molecular formula is C14H20BrNO. The Labute approximate surface area is 112 Å². The van der Waals surface area contributed by atoms with E-state index in [1.807, 2.05) is 26.8 Å². The van der Waals surface area contributed by atoms with E-state index in [-0.39, 0.29) is 11.8 Å². The van der Waals surface area contributed by atoms with E-state index in [0.717, 1.165) is 15.7 Å². The molecule has 0 bridgehead atoms. The number of amides is 1. The molecule has 0 aliphatic heterocycles. The lowest BCUT2D eigenvalue weighted by Gasteiger charge is -2.17. The largest absolute Gasteiger partial charge is 0.325 e. The molecule has 0 radical (unpaired) electrons. The summed E-state index contributed by atoms with van der Waals surface area (Å²) in [4.78, 5) is 12.0. The van der Waals surface area contributed by atoms with Gasteiger partial charge in [0.05, 0.1) is 5.69 Å². The molecule has 3 heteroatoms. The van der Waals surface area contributed by atoms with Crippen molar-refractivity contribution in [2.75, 3.05) is 5.32 Å². The highest BCUT2D eigenvalue weighted by Crippen LogP contribution is 2.28. The second kappa shape index (κ2) is 5.67. The van der Waals surface area contributed by atoms with Crippen LogP contribution in [0.4, 0.5) is 5.69 Å². The number of benzene rings is 1. The lowest BCUT2D eigenvalue weighted by Crippen LogP contribution is -2.24. The van der Waals surface area contributed by atoms with Crippen molar-refractivity contribution in [1.82, 2.24) is 0 Å². The van der Waals surface area contributed by atoms with E-state index in [9.17, 15) is 4.79 Å². The maximum atomic E-state index is 12.0. The van der Waals surface area contributed by atoms with Gasteiger partial charge in [-0.25, -0.2) is 0 Å². The number of carbonyl (C=O) groups is 1. The second-order valence-electron chi connectivity index (χ2n) is 4.96. The van der Waals surface area contributed by atoms with E-state index in [0.29, 0.717) is 5.92 Å². The second-order valence-corrected chi connectivity index (χ2v) is 5.81. The SMILES string of the molecule is Cc1cc(C)c(NC(=O)C(C)C(C)C)c(Br)c1. The molecule has 17 heavy (non-hydrogen) atoms.